The number of hydrogen-bond acceptors (Lipinski definition) is 2. The van der Waals surface area contributed by atoms with Crippen LogP contribution in [-0.2, 0) is 5.92 Å². The van der Waals surface area contributed by atoms with Crippen LogP contribution in [-0.4, -0.2) is 11.5 Å². The van der Waals surface area contributed by atoms with Crippen molar-refractivity contribution >= 4 is 15.9 Å². The molecule has 0 unspecified atom stereocenters. The van der Waals surface area contributed by atoms with E-state index in [2.05, 4.69) is 20.9 Å². The molecular formula is C7H7BrF2N2. The zero-order chi connectivity index (χ0) is 9.19. The number of aromatic nitrogens is 1. The van der Waals surface area contributed by atoms with E-state index in [1.54, 1.807) is 0 Å². The molecule has 12 heavy (non-hydrogen) atoms. The molecular weight excluding hydrogens is 230 g/mol. The van der Waals surface area contributed by atoms with Crippen LogP contribution in [0.25, 0.3) is 0 Å². The maximum Gasteiger partial charge on any atom is 0.301 e. The van der Waals surface area contributed by atoms with Crippen LogP contribution in [0.3, 0.4) is 0 Å². The highest BCUT2D eigenvalue weighted by atomic mass is 79.9. The summed E-state index contributed by atoms with van der Waals surface area (Å²) in [6.07, 6.45) is 1.32. The van der Waals surface area contributed by atoms with E-state index in [9.17, 15) is 8.78 Å². The van der Waals surface area contributed by atoms with Gasteiger partial charge in [0.2, 0.25) is 0 Å². The predicted molar refractivity (Wildman–Crippen MR) is 44.9 cm³/mol. The quantitative estimate of drug-likeness (QED) is 0.852. The summed E-state index contributed by atoms with van der Waals surface area (Å²) < 4.78 is 26.3. The lowest BCUT2D eigenvalue weighted by Gasteiger charge is -2.12. The molecule has 0 amide bonds. The Bertz CT molecular complexity index is 261. The summed E-state index contributed by atoms with van der Waals surface area (Å²) in [6, 6.07) is 2.75. The van der Waals surface area contributed by atoms with Crippen LogP contribution in [0.4, 0.5) is 8.78 Å². The smallest absolute Gasteiger partial charge is 0.301 e. The van der Waals surface area contributed by atoms with E-state index >= 15 is 0 Å². The lowest BCUT2D eigenvalue weighted by atomic mass is 10.2. The van der Waals surface area contributed by atoms with Crippen molar-refractivity contribution in [3.05, 3.63) is 28.5 Å². The van der Waals surface area contributed by atoms with E-state index in [1.165, 1.54) is 18.3 Å². The van der Waals surface area contributed by atoms with Crippen LogP contribution in [0, 0.1) is 0 Å². The number of hydrogen-bond donors (Lipinski definition) is 1. The molecule has 0 aliphatic rings. The van der Waals surface area contributed by atoms with Gasteiger partial charge in [-0.25, -0.2) is 0 Å². The van der Waals surface area contributed by atoms with Crippen molar-refractivity contribution in [1.82, 2.24) is 4.98 Å². The van der Waals surface area contributed by atoms with Gasteiger partial charge < -0.3 is 5.73 Å². The summed E-state index contributed by atoms with van der Waals surface area (Å²) in [7, 11) is 0. The lowest BCUT2D eigenvalue weighted by Crippen LogP contribution is -2.26. The largest absolute Gasteiger partial charge is 0.325 e. The summed E-state index contributed by atoms with van der Waals surface area (Å²) in [4.78, 5) is 3.54. The third-order valence-electron chi connectivity index (χ3n) is 1.36. The summed E-state index contributed by atoms with van der Waals surface area (Å²) in [5, 5.41) is 0. The second-order valence-corrected chi connectivity index (χ2v) is 3.19. The van der Waals surface area contributed by atoms with Crippen molar-refractivity contribution < 1.29 is 8.78 Å². The maximum absolute atomic E-state index is 12.8. The molecule has 0 aliphatic heterocycles. The number of nitrogens with two attached hydrogens (primary N) is 1. The Kier molecular flexibility index (Phi) is 2.74. The van der Waals surface area contributed by atoms with Crippen LogP contribution >= 0.6 is 15.9 Å². The average molecular weight is 237 g/mol. The molecule has 2 N–H and O–H groups in total. The number of halogens is 3. The van der Waals surface area contributed by atoms with Gasteiger partial charge in [0.05, 0.1) is 6.54 Å². The fraction of sp³-hybridized carbons (Fsp3) is 0.286. The average Bonchev–Trinajstić information content (AvgIpc) is 2.05. The third-order valence-corrected chi connectivity index (χ3v) is 1.83. The maximum atomic E-state index is 12.8. The first-order valence-electron chi connectivity index (χ1n) is 3.26. The van der Waals surface area contributed by atoms with E-state index in [0.29, 0.717) is 4.47 Å². The summed E-state index contributed by atoms with van der Waals surface area (Å²) in [6.45, 7) is -0.721. The normalized spacial score (nSPS) is 11.7. The van der Waals surface area contributed by atoms with Gasteiger partial charge in [0.1, 0.15) is 5.69 Å². The van der Waals surface area contributed by atoms with Gasteiger partial charge in [-0.3, -0.25) is 4.98 Å². The highest BCUT2D eigenvalue weighted by Gasteiger charge is 2.30. The van der Waals surface area contributed by atoms with Crippen LogP contribution in [0.15, 0.2) is 22.8 Å². The van der Waals surface area contributed by atoms with E-state index in [1.807, 2.05) is 0 Å². The first-order valence-corrected chi connectivity index (χ1v) is 4.05. The van der Waals surface area contributed by atoms with Crippen molar-refractivity contribution in [3.8, 4) is 0 Å². The first-order chi connectivity index (χ1) is 5.56. The number of alkyl halides is 2. The Morgan fingerprint density at radius 1 is 1.50 bits per heavy atom. The Morgan fingerprint density at radius 2 is 2.17 bits per heavy atom. The molecule has 1 rings (SSSR count). The van der Waals surface area contributed by atoms with Gasteiger partial charge in [0, 0.05) is 10.7 Å². The second kappa shape index (κ2) is 3.45. The molecule has 0 radical (unpaired) electrons. The van der Waals surface area contributed by atoms with Crippen molar-refractivity contribution in [2.45, 2.75) is 5.92 Å². The zero-order valence-corrected chi connectivity index (χ0v) is 7.68. The molecule has 0 spiro atoms. The molecule has 1 heterocycles. The topological polar surface area (TPSA) is 38.9 Å². The number of pyridine rings is 1. The predicted octanol–water partition coefficient (Wildman–Crippen LogP) is 1.89. The van der Waals surface area contributed by atoms with Crippen LogP contribution in [0.1, 0.15) is 5.69 Å². The summed E-state index contributed by atoms with van der Waals surface area (Å²) >= 11 is 3.10. The van der Waals surface area contributed by atoms with Crippen molar-refractivity contribution in [1.29, 1.82) is 0 Å². The summed E-state index contributed by atoms with van der Waals surface area (Å²) in [5.41, 5.74) is 4.58. The van der Waals surface area contributed by atoms with Crippen molar-refractivity contribution in [2.75, 3.05) is 6.54 Å². The van der Waals surface area contributed by atoms with Gasteiger partial charge in [-0.05, 0) is 28.1 Å². The van der Waals surface area contributed by atoms with Crippen LogP contribution < -0.4 is 5.73 Å². The molecule has 5 heteroatoms. The zero-order valence-electron chi connectivity index (χ0n) is 6.10. The molecule has 0 bridgehead atoms. The van der Waals surface area contributed by atoms with Gasteiger partial charge in [0.15, 0.2) is 0 Å². The fourth-order valence-corrected chi connectivity index (χ4v) is 0.931. The van der Waals surface area contributed by atoms with Gasteiger partial charge in [0.25, 0.3) is 0 Å². The van der Waals surface area contributed by atoms with E-state index in [4.69, 9.17) is 5.73 Å². The Hall–Kier alpha value is -0.550. The van der Waals surface area contributed by atoms with Crippen molar-refractivity contribution in [2.24, 2.45) is 5.73 Å². The van der Waals surface area contributed by atoms with E-state index < -0.39 is 12.5 Å². The van der Waals surface area contributed by atoms with Gasteiger partial charge in [-0.15, -0.1) is 0 Å². The minimum absolute atomic E-state index is 0.298. The highest BCUT2D eigenvalue weighted by Crippen LogP contribution is 2.24. The Balaban J connectivity index is 2.96. The third kappa shape index (κ3) is 1.98. The minimum atomic E-state index is -3.03. The second-order valence-electron chi connectivity index (χ2n) is 2.27. The van der Waals surface area contributed by atoms with Gasteiger partial charge in [-0.2, -0.15) is 8.78 Å². The molecule has 66 valence electrons. The Morgan fingerprint density at radius 3 is 2.58 bits per heavy atom. The fourth-order valence-electron chi connectivity index (χ4n) is 0.697. The molecule has 0 aromatic carbocycles. The molecule has 0 fully saturated rings. The van der Waals surface area contributed by atoms with Gasteiger partial charge in [-0.1, -0.05) is 0 Å². The van der Waals surface area contributed by atoms with E-state index in [-0.39, 0.29) is 5.69 Å². The SMILES string of the molecule is NCC(F)(F)c1ccc(Br)cn1. The monoisotopic (exact) mass is 236 g/mol. The molecule has 1 aromatic rings. The molecule has 0 atom stereocenters. The number of nitrogens with zero attached hydrogens (tertiary/aromatic N) is 1. The molecule has 2 nitrogen and oxygen atoms in total. The summed E-state index contributed by atoms with van der Waals surface area (Å²) in [5.74, 6) is -3.03. The number of rotatable bonds is 2. The van der Waals surface area contributed by atoms with Crippen LogP contribution in [0.5, 0.6) is 0 Å². The highest BCUT2D eigenvalue weighted by molar-refractivity contribution is 9.10. The Labute approximate surface area is 76.9 Å². The van der Waals surface area contributed by atoms with E-state index in [0.717, 1.165) is 0 Å². The molecule has 0 saturated carbocycles. The molecule has 1 aromatic heterocycles. The molecule has 0 aliphatic carbocycles. The standard InChI is InChI=1S/C7H7BrF2N2/c8-5-1-2-6(12-3-5)7(9,10)4-11/h1-3H,4,11H2. The minimum Gasteiger partial charge on any atom is -0.325 e. The molecule has 0 saturated heterocycles. The van der Waals surface area contributed by atoms with Crippen molar-refractivity contribution in [3.63, 3.8) is 0 Å². The van der Waals surface area contributed by atoms with Crippen LogP contribution in [0.2, 0.25) is 0 Å². The lowest BCUT2D eigenvalue weighted by molar-refractivity contribution is 0.00136. The first kappa shape index (κ1) is 9.54. The van der Waals surface area contributed by atoms with Gasteiger partial charge >= 0.3 is 5.92 Å².